The van der Waals surface area contributed by atoms with E-state index < -0.39 is 0 Å². The quantitative estimate of drug-likeness (QED) is 0.741. The van der Waals surface area contributed by atoms with Crippen molar-refractivity contribution in [2.75, 3.05) is 11.9 Å². The fraction of sp³-hybridized carbons (Fsp3) is 0.615. The highest BCUT2D eigenvalue weighted by atomic mass is 19.1. The van der Waals surface area contributed by atoms with Gasteiger partial charge in [-0.05, 0) is 87.1 Å². The molecular weight excluding hydrogens is 391 g/mol. The van der Waals surface area contributed by atoms with Crippen molar-refractivity contribution in [2.24, 2.45) is 29.1 Å². The number of piperidine rings is 1. The van der Waals surface area contributed by atoms with E-state index in [4.69, 9.17) is 0 Å². The van der Waals surface area contributed by atoms with Crippen LogP contribution >= 0.6 is 0 Å². The fourth-order valence-corrected chi connectivity index (χ4v) is 7.63. The maximum atomic E-state index is 13.6. The van der Waals surface area contributed by atoms with Gasteiger partial charge in [-0.3, -0.25) is 14.5 Å². The summed E-state index contributed by atoms with van der Waals surface area (Å²) in [7, 11) is 0. The minimum atomic E-state index is -0.337. The standard InChI is InChI=1S/C26H33FN2O2/c1-16-19-7-8-22-20(25(19,2)12-10-23(16)30)9-13-26(3)21(11-14-29(22)26)24(31)28-18-6-4-5-17(27)15-18/h4-6,10,12,15-16,19-22H,7-9,11,13-14H2,1-3H3,(H,28,31)/t16?,19-,20-,21+,22+,25-,26+/m0/s1. The zero-order valence-corrected chi connectivity index (χ0v) is 18.7. The minimum Gasteiger partial charge on any atom is -0.326 e. The van der Waals surface area contributed by atoms with Crippen LogP contribution in [-0.4, -0.2) is 34.7 Å². The summed E-state index contributed by atoms with van der Waals surface area (Å²) in [6.07, 6.45) is 9.12. The number of rotatable bonds is 2. The summed E-state index contributed by atoms with van der Waals surface area (Å²) in [6, 6.07) is 6.59. The van der Waals surface area contributed by atoms with Crippen LogP contribution in [0.1, 0.15) is 52.9 Å². The van der Waals surface area contributed by atoms with Crippen LogP contribution in [0.15, 0.2) is 36.4 Å². The zero-order valence-electron chi connectivity index (χ0n) is 18.7. The predicted molar refractivity (Wildman–Crippen MR) is 119 cm³/mol. The number of hydrogen-bond acceptors (Lipinski definition) is 3. The first-order valence-electron chi connectivity index (χ1n) is 11.8. The molecule has 5 heteroatoms. The van der Waals surface area contributed by atoms with Gasteiger partial charge in [-0.1, -0.05) is 26.0 Å². The molecule has 1 saturated carbocycles. The van der Waals surface area contributed by atoms with E-state index in [-0.39, 0.29) is 40.3 Å². The molecule has 0 aromatic heterocycles. The number of benzene rings is 1. The number of fused-ring (bicyclic) bond motifs is 5. The van der Waals surface area contributed by atoms with Crippen molar-refractivity contribution in [3.63, 3.8) is 0 Å². The first kappa shape index (κ1) is 20.9. The van der Waals surface area contributed by atoms with Gasteiger partial charge in [0.25, 0.3) is 0 Å². The van der Waals surface area contributed by atoms with Gasteiger partial charge in [0.1, 0.15) is 5.82 Å². The number of nitrogens with zero attached hydrogens (tertiary/aromatic N) is 1. The minimum absolute atomic E-state index is 0.00530. The van der Waals surface area contributed by atoms with E-state index in [1.807, 2.05) is 6.08 Å². The predicted octanol–water partition coefficient (Wildman–Crippen LogP) is 4.81. The van der Waals surface area contributed by atoms with Crippen LogP contribution in [-0.2, 0) is 9.59 Å². The van der Waals surface area contributed by atoms with Gasteiger partial charge in [0.05, 0.1) is 5.92 Å². The molecule has 2 heterocycles. The number of carbonyl (C=O) groups excluding carboxylic acids is 2. The maximum absolute atomic E-state index is 13.6. The molecule has 31 heavy (non-hydrogen) atoms. The van der Waals surface area contributed by atoms with Crippen molar-refractivity contribution in [1.29, 1.82) is 0 Å². The number of nitrogens with one attached hydrogen (secondary N) is 1. The van der Waals surface area contributed by atoms with Gasteiger partial charge in [-0.25, -0.2) is 4.39 Å². The largest absolute Gasteiger partial charge is 0.326 e. The van der Waals surface area contributed by atoms with Gasteiger partial charge in [0, 0.05) is 23.2 Å². The van der Waals surface area contributed by atoms with E-state index >= 15 is 0 Å². The molecule has 3 fully saturated rings. The Balaban J connectivity index is 1.38. The molecule has 166 valence electrons. The number of allylic oxidation sites excluding steroid dienone is 2. The van der Waals surface area contributed by atoms with E-state index in [0.717, 1.165) is 38.6 Å². The normalized spacial score (nSPS) is 41.9. The van der Waals surface area contributed by atoms with Crippen LogP contribution < -0.4 is 5.32 Å². The summed E-state index contributed by atoms with van der Waals surface area (Å²) in [5, 5.41) is 2.96. The lowest BCUT2D eigenvalue weighted by atomic mass is 9.51. The van der Waals surface area contributed by atoms with Crippen LogP contribution in [0.4, 0.5) is 10.1 Å². The van der Waals surface area contributed by atoms with Crippen molar-refractivity contribution in [2.45, 2.75) is 64.5 Å². The van der Waals surface area contributed by atoms with Crippen LogP contribution in [0.5, 0.6) is 0 Å². The summed E-state index contributed by atoms with van der Waals surface area (Å²) >= 11 is 0. The highest BCUT2D eigenvalue weighted by Gasteiger charge is 2.60. The molecule has 4 nitrogen and oxygen atoms in total. The zero-order chi connectivity index (χ0) is 22.0. The van der Waals surface area contributed by atoms with Crippen molar-refractivity contribution < 1.29 is 14.0 Å². The van der Waals surface area contributed by atoms with E-state index in [9.17, 15) is 14.0 Å². The Labute approximate surface area is 184 Å². The molecule has 0 bridgehead atoms. The van der Waals surface area contributed by atoms with Crippen LogP contribution in [0.25, 0.3) is 0 Å². The average molecular weight is 425 g/mol. The number of carbonyl (C=O) groups is 2. The number of anilines is 1. The highest BCUT2D eigenvalue weighted by molar-refractivity contribution is 5.94. The molecule has 0 radical (unpaired) electrons. The third-order valence-electron chi connectivity index (χ3n) is 9.33. The van der Waals surface area contributed by atoms with Gasteiger partial charge in [0.2, 0.25) is 5.91 Å². The van der Waals surface area contributed by atoms with Crippen molar-refractivity contribution in [3.8, 4) is 0 Å². The topological polar surface area (TPSA) is 49.4 Å². The Hall–Kier alpha value is -2.01. The molecule has 7 atom stereocenters. The first-order valence-corrected chi connectivity index (χ1v) is 11.8. The molecule has 1 N–H and O–H groups in total. The van der Waals surface area contributed by atoms with Crippen LogP contribution in [0.3, 0.4) is 0 Å². The van der Waals surface area contributed by atoms with E-state index in [2.05, 4.69) is 37.1 Å². The highest BCUT2D eigenvalue weighted by Crippen LogP contribution is 2.59. The molecule has 1 aromatic rings. The molecule has 1 unspecified atom stereocenters. The van der Waals surface area contributed by atoms with Gasteiger partial charge in [-0.15, -0.1) is 0 Å². The SMILES string of the molecule is CC1C(=O)C=C[C@@]2(C)[C@H]1CC[C@@H]1[C@@H]2CC[C@]2(C)[C@@H](C(=O)Nc3cccc(F)c3)CCN12. The second kappa shape index (κ2) is 7.26. The Morgan fingerprint density at radius 3 is 2.74 bits per heavy atom. The number of hydrogen-bond donors (Lipinski definition) is 1. The Morgan fingerprint density at radius 2 is 1.97 bits per heavy atom. The molecule has 4 aliphatic rings. The second-order valence-electron chi connectivity index (χ2n) is 10.7. The molecule has 1 aromatic carbocycles. The Kier molecular flexibility index (Phi) is 4.89. The molecular formula is C26H33FN2O2. The fourth-order valence-electron chi connectivity index (χ4n) is 7.63. The first-order chi connectivity index (χ1) is 14.7. The molecule has 2 aliphatic heterocycles. The number of halogens is 1. The lowest BCUT2D eigenvalue weighted by molar-refractivity contribution is -0.135. The molecule has 2 saturated heterocycles. The van der Waals surface area contributed by atoms with Gasteiger partial charge >= 0.3 is 0 Å². The maximum Gasteiger partial charge on any atom is 0.229 e. The van der Waals surface area contributed by atoms with E-state index in [1.54, 1.807) is 12.1 Å². The lowest BCUT2D eigenvalue weighted by Gasteiger charge is -2.60. The summed E-state index contributed by atoms with van der Waals surface area (Å²) < 4.78 is 13.6. The third-order valence-corrected chi connectivity index (χ3v) is 9.33. The van der Waals surface area contributed by atoms with Crippen molar-refractivity contribution >= 4 is 17.4 Å². The van der Waals surface area contributed by atoms with Gasteiger partial charge in [-0.2, -0.15) is 0 Å². The average Bonchev–Trinajstić information content (AvgIpc) is 3.08. The summed E-state index contributed by atoms with van der Waals surface area (Å²) in [5.41, 5.74) is 0.418. The number of ketones is 1. The van der Waals surface area contributed by atoms with Crippen LogP contribution in [0, 0.1) is 34.9 Å². The van der Waals surface area contributed by atoms with Crippen LogP contribution in [0.2, 0.25) is 0 Å². The Morgan fingerprint density at radius 1 is 1.16 bits per heavy atom. The van der Waals surface area contributed by atoms with Crippen molar-refractivity contribution in [3.05, 3.63) is 42.2 Å². The second-order valence-corrected chi connectivity index (χ2v) is 10.7. The Bertz CT molecular complexity index is 945. The third kappa shape index (κ3) is 3.11. The summed E-state index contributed by atoms with van der Waals surface area (Å²) in [6.45, 7) is 7.65. The van der Waals surface area contributed by atoms with E-state index in [1.165, 1.54) is 12.1 Å². The lowest BCUT2D eigenvalue weighted by Crippen LogP contribution is -2.64. The molecule has 5 rings (SSSR count). The van der Waals surface area contributed by atoms with Crippen molar-refractivity contribution in [1.82, 2.24) is 4.90 Å². The smallest absolute Gasteiger partial charge is 0.229 e. The number of amides is 1. The van der Waals surface area contributed by atoms with Gasteiger partial charge in [0.15, 0.2) is 5.78 Å². The summed E-state index contributed by atoms with van der Waals surface area (Å²) in [4.78, 5) is 28.1. The van der Waals surface area contributed by atoms with E-state index in [0.29, 0.717) is 23.6 Å². The molecule has 2 aliphatic carbocycles. The summed E-state index contributed by atoms with van der Waals surface area (Å²) in [5.74, 6) is 0.900. The molecule has 0 spiro atoms. The molecule has 1 amide bonds. The van der Waals surface area contributed by atoms with Gasteiger partial charge < -0.3 is 5.32 Å². The monoisotopic (exact) mass is 424 g/mol.